The van der Waals surface area contributed by atoms with Gasteiger partial charge in [0.1, 0.15) is 12.4 Å². The van der Waals surface area contributed by atoms with Crippen molar-refractivity contribution in [3.05, 3.63) is 24.3 Å². The van der Waals surface area contributed by atoms with E-state index in [0.29, 0.717) is 25.4 Å². The fourth-order valence-corrected chi connectivity index (χ4v) is 2.60. The Morgan fingerprint density at radius 1 is 1.10 bits per heavy atom. The summed E-state index contributed by atoms with van der Waals surface area (Å²) < 4.78 is 16.0. The van der Waals surface area contributed by atoms with Crippen LogP contribution in [0.15, 0.2) is 24.3 Å². The van der Waals surface area contributed by atoms with E-state index in [1.807, 2.05) is 12.1 Å². The molecule has 0 unspecified atom stereocenters. The second-order valence-corrected chi connectivity index (χ2v) is 5.22. The van der Waals surface area contributed by atoms with Crippen molar-refractivity contribution in [1.82, 2.24) is 0 Å². The van der Waals surface area contributed by atoms with Crippen molar-refractivity contribution in [3.63, 3.8) is 0 Å². The van der Waals surface area contributed by atoms with Crippen LogP contribution in [0.1, 0.15) is 25.7 Å². The lowest BCUT2D eigenvalue weighted by Crippen LogP contribution is -2.29. The molecule has 1 fully saturated rings. The van der Waals surface area contributed by atoms with Crippen LogP contribution in [0.3, 0.4) is 0 Å². The zero-order valence-corrected chi connectivity index (χ0v) is 12.4. The molecular weight excluding hydrogens is 254 g/mol. The molecule has 0 heterocycles. The van der Waals surface area contributed by atoms with Crippen LogP contribution in [0.25, 0.3) is 0 Å². The Morgan fingerprint density at radius 2 is 1.90 bits per heavy atom. The number of rotatable bonds is 7. The number of benzene rings is 1. The van der Waals surface area contributed by atoms with Gasteiger partial charge in [-0.3, -0.25) is 0 Å². The van der Waals surface area contributed by atoms with Gasteiger partial charge in [0, 0.05) is 32.0 Å². The monoisotopic (exact) mass is 279 g/mol. The highest BCUT2D eigenvalue weighted by Gasteiger charge is 2.20. The number of anilines is 1. The molecular formula is C16H25NO3. The predicted octanol–water partition coefficient (Wildman–Crippen LogP) is 3.08. The van der Waals surface area contributed by atoms with Gasteiger partial charge in [-0.25, -0.2) is 0 Å². The summed E-state index contributed by atoms with van der Waals surface area (Å²) in [6.45, 7) is 1.19. The van der Waals surface area contributed by atoms with Crippen LogP contribution in [-0.4, -0.2) is 39.6 Å². The van der Waals surface area contributed by atoms with Gasteiger partial charge in [0.05, 0.1) is 12.7 Å². The Morgan fingerprint density at radius 3 is 2.60 bits per heavy atom. The van der Waals surface area contributed by atoms with Crippen molar-refractivity contribution < 1.29 is 14.2 Å². The van der Waals surface area contributed by atoms with Gasteiger partial charge in [0.2, 0.25) is 0 Å². The van der Waals surface area contributed by atoms with Gasteiger partial charge in [0.25, 0.3) is 0 Å². The fraction of sp³-hybridized carbons (Fsp3) is 0.625. The molecule has 112 valence electrons. The SMILES string of the molecule is COCCOc1cccc(NC2CCC(OC)CC2)c1. The third kappa shape index (κ3) is 4.69. The maximum Gasteiger partial charge on any atom is 0.121 e. The second-order valence-electron chi connectivity index (χ2n) is 5.22. The highest BCUT2D eigenvalue weighted by Crippen LogP contribution is 2.25. The Balaban J connectivity index is 1.82. The first-order valence-electron chi connectivity index (χ1n) is 7.33. The van der Waals surface area contributed by atoms with Crippen LogP contribution in [0.5, 0.6) is 5.75 Å². The molecule has 0 amide bonds. The molecule has 1 N–H and O–H groups in total. The van der Waals surface area contributed by atoms with Gasteiger partial charge in [-0.1, -0.05) is 6.07 Å². The van der Waals surface area contributed by atoms with Gasteiger partial charge in [-0.2, -0.15) is 0 Å². The van der Waals surface area contributed by atoms with E-state index in [4.69, 9.17) is 14.2 Å². The largest absolute Gasteiger partial charge is 0.491 e. The van der Waals surface area contributed by atoms with Crippen molar-refractivity contribution >= 4 is 5.69 Å². The number of methoxy groups -OCH3 is 2. The molecule has 1 aromatic rings. The summed E-state index contributed by atoms with van der Waals surface area (Å²) in [5, 5.41) is 3.59. The molecule has 0 atom stereocenters. The minimum atomic E-state index is 0.441. The topological polar surface area (TPSA) is 39.7 Å². The Bertz CT molecular complexity index is 389. The maximum absolute atomic E-state index is 5.63. The number of nitrogens with one attached hydrogen (secondary N) is 1. The minimum Gasteiger partial charge on any atom is -0.491 e. The second kappa shape index (κ2) is 8.12. The van der Waals surface area contributed by atoms with Gasteiger partial charge in [-0.15, -0.1) is 0 Å². The van der Waals surface area contributed by atoms with Crippen LogP contribution in [0, 0.1) is 0 Å². The minimum absolute atomic E-state index is 0.441. The Hall–Kier alpha value is -1.26. The maximum atomic E-state index is 5.63. The van der Waals surface area contributed by atoms with Gasteiger partial charge >= 0.3 is 0 Å². The summed E-state index contributed by atoms with van der Waals surface area (Å²) in [7, 11) is 3.48. The van der Waals surface area contributed by atoms with E-state index in [9.17, 15) is 0 Å². The molecule has 0 spiro atoms. The summed E-state index contributed by atoms with van der Waals surface area (Å²) in [5.74, 6) is 0.887. The van der Waals surface area contributed by atoms with Crippen LogP contribution in [0.2, 0.25) is 0 Å². The van der Waals surface area contributed by atoms with Crippen molar-refractivity contribution in [3.8, 4) is 5.75 Å². The lowest BCUT2D eigenvalue weighted by atomic mass is 9.93. The third-order valence-corrected chi connectivity index (χ3v) is 3.77. The lowest BCUT2D eigenvalue weighted by molar-refractivity contribution is 0.0682. The fourth-order valence-electron chi connectivity index (χ4n) is 2.60. The van der Waals surface area contributed by atoms with E-state index < -0.39 is 0 Å². The van der Waals surface area contributed by atoms with Gasteiger partial charge in [0.15, 0.2) is 0 Å². The van der Waals surface area contributed by atoms with Gasteiger partial charge < -0.3 is 19.5 Å². The molecule has 1 aliphatic carbocycles. The van der Waals surface area contributed by atoms with Crippen LogP contribution in [0.4, 0.5) is 5.69 Å². The smallest absolute Gasteiger partial charge is 0.121 e. The first kappa shape index (κ1) is 15.1. The first-order valence-corrected chi connectivity index (χ1v) is 7.33. The van der Waals surface area contributed by atoms with Gasteiger partial charge in [-0.05, 0) is 37.8 Å². The number of ether oxygens (including phenoxy) is 3. The zero-order chi connectivity index (χ0) is 14.2. The van der Waals surface area contributed by atoms with E-state index in [2.05, 4.69) is 17.4 Å². The van der Waals surface area contributed by atoms with E-state index in [1.165, 1.54) is 0 Å². The molecule has 0 aliphatic heterocycles. The number of hydrogen-bond donors (Lipinski definition) is 1. The Kier molecular flexibility index (Phi) is 6.15. The highest BCUT2D eigenvalue weighted by molar-refractivity contribution is 5.48. The summed E-state index contributed by atoms with van der Waals surface area (Å²) >= 11 is 0. The number of hydrogen-bond acceptors (Lipinski definition) is 4. The van der Waals surface area contributed by atoms with Crippen molar-refractivity contribution in [1.29, 1.82) is 0 Å². The van der Waals surface area contributed by atoms with Crippen molar-refractivity contribution in [2.24, 2.45) is 0 Å². The van der Waals surface area contributed by atoms with E-state index in [-0.39, 0.29) is 0 Å². The third-order valence-electron chi connectivity index (χ3n) is 3.77. The summed E-state index contributed by atoms with van der Waals surface area (Å²) in [6.07, 6.45) is 5.04. The van der Waals surface area contributed by atoms with Crippen molar-refractivity contribution in [2.75, 3.05) is 32.8 Å². The molecule has 4 nitrogen and oxygen atoms in total. The normalized spacial score (nSPS) is 22.5. The molecule has 0 saturated heterocycles. The predicted molar refractivity (Wildman–Crippen MR) is 80.5 cm³/mol. The standard InChI is InChI=1S/C16H25NO3/c1-18-10-11-20-16-5-3-4-14(12-16)17-13-6-8-15(19-2)9-7-13/h3-5,12-13,15,17H,6-11H2,1-2H3. The average molecular weight is 279 g/mol. The molecule has 1 aliphatic rings. The molecule has 20 heavy (non-hydrogen) atoms. The van der Waals surface area contributed by atoms with Crippen LogP contribution >= 0.6 is 0 Å². The Labute approximate surface area is 121 Å². The average Bonchev–Trinajstić information content (AvgIpc) is 2.49. The molecule has 1 saturated carbocycles. The lowest BCUT2D eigenvalue weighted by Gasteiger charge is -2.29. The van der Waals surface area contributed by atoms with E-state index >= 15 is 0 Å². The molecule has 1 aromatic carbocycles. The summed E-state index contributed by atoms with van der Waals surface area (Å²) in [6, 6.07) is 8.67. The van der Waals surface area contributed by atoms with Crippen LogP contribution in [-0.2, 0) is 9.47 Å². The molecule has 0 radical (unpaired) electrons. The highest BCUT2D eigenvalue weighted by atomic mass is 16.5. The molecule has 4 heteroatoms. The first-order chi connectivity index (χ1) is 9.81. The summed E-state index contributed by atoms with van der Waals surface area (Å²) in [4.78, 5) is 0. The van der Waals surface area contributed by atoms with E-state index in [0.717, 1.165) is 37.1 Å². The van der Waals surface area contributed by atoms with E-state index in [1.54, 1.807) is 14.2 Å². The van der Waals surface area contributed by atoms with Crippen molar-refractivity contribution in [2.45, 2.75) is 37.8 Å². The molecule has 0 bridgehead atoms. The summed E-state index contributed by atoms with van der Waals surface area (Å²) in [5.41, 5.74) is 1.13. The van der Waals surface area contributed by atoms with Crippen LogP contribution < -0.4 is 10.1 Å². The zero-order valence-electron chi connectivity index (χ0n) is 12.4. The molecule has 2 rings (SSSR count). The molecule has 0 aromatic heterocycles. The quantitative estimate of drug-likeness (QED) is 0.779.